The van der Waals surface area contributed by atoms with Crippen molar-refractivity contribution in [1.82, 2.24) is 9.78 Å². The summed E-state index contributed by atoms with van der Waals surface area (Å²) in [7, 11) is 0. The minimum absolute atomic E-state index is 0.334. The zero-order valence-corrected chi connectivity index (χ0v) is 11.7. The highest BCUT2D eigenvalue weighted by Crippen LogP contribution is 2.27. The van der Waals surface area contributed by atoms with Crippen LogP contribution in [0.2, 0.25) is 0 Å². The van der Waals surface area contributed by atoms with Crippen LogP contribution in [0.25, 0.3) is 0 Å². The Morgan fingerprint density at radius 2 is 1.95 bits per heavy atom. The molecule has 2 rings (SSSR count). The topological polar surface area (TPSA) is 38.0 Å². The van der Waals surface area contributed by atoms with E-state index in [9.17, 15) is 5.11 Å². The molecule has 3 heteroatoms. The van der Waals surface area contributed by atoms with Crippen molar-refractivity contribution < 1.29 is 5.11 Å². The smallest absolute Gasteiger partial charge is 0.0962 e. The van der Waals surface area contributed by atoms with Crippen LogP contribution in [0.15, 0.2) is 42.6 Å². The molecular weight excluding hydrogens is 236 g/mol. The van der Waals surface area contributed by atoms with E-state index < -0.39 is 6.10 Å². The molecule has 1 heterocycles. The van der Waals surface area contributed by atoms with Crippen molar-refractivity contribution in [2.45, 2.75) is 45.3 Å². The average Bonchev–Trinajstić information content (AvgIpc) is 2.88. The second-order valence-electron chi connectivity index (χ2n) is 5.04. The van der Waals surface area contributed by atoms with E-state index in [1.54, 1.807) is 6.20 Å². The quantitative estimate of drug-likeness (QED) is 0.861. The van der Waals surface area contributed by atoms with Crippen molar-refractivity contribution in [2.24, 2.45) is 0 Å². The maximum Gasteiger partial charge on any atom is 0.0962 e. The van der Waals surface area contributed by atoms with Crippen LogP contribution >= 0.6 is 0 Å². The molecule has 2 aromatic rings. The Kier molecular flexibility index (Phi) is 4.74. The van der Waals surface area contributed by atoms with E-state index in [4.69, 9.17) is 0 Å². The van der Waals surface area contributed by atoms with Crippen molar-refractivity contribution in [1.29, 1.82) is 0 Å². The van der Waals surface area contributed by atoms with Crippen LogP contribution in [0, 0.1) is 0 Å². The van der Waals surface area contributed by atoms with Crippen LogP contribution in [-0.4, -0.2) is 14.9 Å². The molecule has 1 aromatic carbocycles. The number of rotatable bonds is 6. The number of aliphatic hydroxyl groups excluding tert-OH is 1. The van der Waals surface area contributed by atoms with Crippen molar-refractivity contribution in [3.63, 3.8) is 0 Å². The first-order chi connectivity index (χ1) is 9.22. The molecule has 3 nitrogen and oxygen atoms in total. The van der Waals surface area contributed by atoms with Gasteiger partial charge in [-0.05, 0) is 30.4 Å². The molecule has 2 unspecified atom stereocenters. The summed E-state index contributed by atoms with van der Waals surface area (Å²) >= 11 is 0. The molecule has 0 amide bonds. The molecular formula is C16H22N2O. The van der Waals surface area contributed by atoms with Gasteiger partial charge in [-0.2, -0.15) is 5.10 Å². The fourth-order valence-corrected chi connectivity index (χ4v) is 2.40. The third kappa shape index (κ3) is 3.44. The summed E-state index contributed by atoms with van der Waals surface area (Å²) in [4.78, 5) is 0. The van der Waals surface area contributed by atoms with Gasteiger partial charge in [0.15, 0.2) is 0 Å². The van der Waals surface area contributed by atoms with Gasteiger partial charge in [0.2, 0.25) is 0 Å². The van der Waals surface area contributed by atoms with Crippen LogP contribution in [0.5, 0.6) is 0 Å². The largest absolute Gasteiger partial charge is 0.387 e. The summed E-state index contributed by atoms with van der Waals surface area (Å²) in [6, 6.07) is 12.2. The molecule has 0 fully saturated rings. The van der Waals surface area contributed by atoms with Gasteiger partial charge in [0.05, 0.1) is 11.8 Å². The SMILES string of the molecule is CCCn1nccc1C(O)CC(C)c1ccccc1. The number of benzene rings is 1. The predicted octanol–water partition coefficient (Wildman–Crippen LogP) is 3.52. The minimum atomic E-state index is -0.454. The van der Waals surface area contributed by atoms with Gasteiger partial charge in [-0.1, -0.05) is 44.2 Å². The Balaban J connectivity index is 2.04. The van der Waals surface area contributed by atoms with Crippen molar-refractivity contribution in [2.75, 3.05) is 0 Å². The highest BCUT2D eigenvalue weighted by molar-refractivity contribution is 5.19. The fourth-order valence-electron chi connectivity index (χ4n) is 2.40. The fraction of sp³-hybridized carbons (Fsp3) is 0.438. The normalized spacial score (nSPS) is 14.3. The Bertz CT molecular complexity index is 492. The zero-order valence-electron chi connectivity index (χ0n) is 11.7. The molecule has 0 saturated heterocycles. The van der Waals surface area contributed by atoms with Gasteiger partial charge in [-0.15, -0.1) is 0 Å². The predicted molar refractivity (Wildman–Crippen MR) is 77.0 cm³/mol. The Hall–Kier alpha value is -1.61. The molecule has 0 aliphatic rings. The summed E-state index contributed by atoms with van der Waals surface area (Å²) in [6.45, 7) is 5.13. The van der Waals surface area contributed by atoms with Gasteiger partial charge in [0.1, 0.15) is 0 Å². The van der Waals surface area contributed by atoms with E-state index in [0.717, 1.165) is 25.1 Å². The molecule has 0 radical (unpaired) electrons. The maximum absolute atomic E-state index is 10.4. The van der Waals surface area contributed by atoms with Gasteiger partial charge in [0, 0.05) is 12.7 Å². The van der Waals surface area contributed by atoms with Crippen LogP contribution in [-0.2, 0) is 6.54 Å². The van der Waals surface area contributed by atoms with Gasteiger partial charge < -0.3 is 5.11 Å². The standard InChI is InChI=1S/C16H22N2O/c1-3-11-18-15(9-10-17-18)16(19)12-13(2)14-7-5-4-6-8-14/h4-10,13,16,19H,3,11-12H2,1-2H3. The van der Waals surface area contributed by atoms with E-state index in [1.807, 2.05) is 28.9 Å². The molecule has 1 aromatic heterocycles. The summed E-state index contributed by atoms with van der Waals surface area (Å²) in [5.74, 6) is 0.334. The molecule has 0 aliphatic carbocycles. The second-order valence-corrected chi connectivity index (χ2v) is 5.04. The molecule has 0 saturated carbocycles. The van der Waals surface area contributed by atoms with Crippen molar-refractivity contribution >= 4 is 0 Å². The number of hydrogen-bond donors (Lipinski definition) is 1. The first-order valence-corrected chi connectivity index (χ1v) is 6.97. The number of hydrogen-bond acceptors (Lipinski definition) is 2. The third-order valence-electron chi connectivity index (χ3n) is 3.47. The van der Waals surface area contributed by atoms with Crippen LogP contribution in [0.1, 0.15) is 50.0 Å². The molecule has 2 atom stereocenters. The lowest BCUT2D eigenvalue weighted by Gasteiger charge is -2.18. The minimum Gasteiger partial charge on any atom is -0.387 e. The Labute approximate surface area is 114 Å². The first-order valence-electron chi connectivity index (χ1n) is 6.97. The first kappa shape index (κ1) is 13.8. The Morgan fingerprint density at radius 1 is 1.21 bits per heavy atom. The van der Waals surface area contributed by atoms with Crippen molar-refractivity contribution in [3.05, 3.63) is 53.9 Å². The molecule has 19 heavy (non-hydrogen) atoms. The summed E-state index contributed by atoms with van der Waals surface area (Å²) in [6.07, 6.45) is 3.06. The van der Waals surface area contributed by atoms with E-state index in [1.165, 1.54) is 5.56 Å². The Morgan fingerprint density at radius 3 is 2.63 bits per heavy atom. The highest BCUT2D eigenvalue weighted by atomic mass is 16.3. The highest BCUT2D eigenvalue weighted by Gasteiger charge is 2.17. The average molecular weight is 258 g/mol. The molecule has 102 valence electrons. The number of nitrogens with zero attached hydrogens (tertiary/aromatic N) is 2. The number of aromatic nitrogens is 2. The van der Waals surface area contributed by atoms with Gasteiger partial charge in [-0.3, -0.25) is 4.68 Å². The summed E-state index contributed by atoms with van der Waals surface area (Å²) in [5.41, 5.74) is 2.19. The third-order valence-corrected chi connectivity index (χ3v) is 3.47. The molecule has 1 N–H and O–H groups in total. The lowest BCUT2D eigenvalue weighted by atomic mass is 9.94. The zero-order chi connectivity index (χ0) is 13.7. The summed E-state index contributed by atoms with van der Waals surface area (Å²) in [5, 5.41) is 14.7. The maximum atomic E-state index is 10.4. The molecule has 0 bridgehead atoms. The monoisotopic (exact) mass is 258 g/mol. The van der Waals surface area contributed by atoms with E-state index in [0.29, 0.717) is 5.92 Å². The second kappa shape index (κ2) is 6.53. The van der Waals surface area contributed by atoms with Gasteiger partial charge in [0.25, 0.3) is 0 Å². The van der Waals surface area contributed by atoms with Crippen molar-refractivity contribution in [3.8, 4) is 0 Å². The number of aliphatic hydroxyl groups is 1. The van der Waals surface area contributed by atoms with Crippen LogP contribution in [0.4, 0.5) is 0 Å². The lowest BCUT2D eigenvalue weighted by molar-refractivity contribution is 0.148. The van der Waals surface area contributed by atoms with Gasteiger partial charge >= 0.3 is 0 Å². The lowest BCUT2D eigenvalue weighted by Crippen LogP contribution is -2.11. The van der Waals surface area contributed by atoms with E-state index in [2.05, 4.69) is 31.1 Å². The summed E-state index contributed by atoms with van der Waals surface area (Å²) < 4.78 is 1.91. The van der Waals surface area contributed by atoms with Gasteiger partial charge in [-0.25, -0.2) is 0 Å². The van der Waals surface area contributed by atoms with E-state index in [-0.39, 0.29) is 0 Å². The molecule has 0 aliphatic heterocycles. The van der Waals surface area contributed by atoms with E-state index >= 15 is 0 Å². The van der Waals surface area contributed by atoms with Crippen LogP contribution in [0.3, 0.4) is 0 Å². The molecule has 0 spiro atoms. The number of aryl methyl sites for hydroxylation is 1. The van der Waals surface area contributed by atoms with Crippen LogP contribution < -0.4 is 0 Å².